The Hall–Kier alpha value is -5.39. The monoisotopic (exact) mass is 950 g/mol. The quantitative estimate of drug-likeness (QED) is 0.0659. The number of carbonyl (C=O) groups is 4. The third-order valence-electron chi connectivity index (χ3n) is 12.2. The van der Waals surface area contributed by atoms with Gasteiger partial charge in [-0.05, 0) is 49.7 Å². The van der Waals surface area contributed by atoms with Crippen molar-refractivity contribution in [3.05, 3.63) is 68.8 Å². The van der Waals surface area contributed by atoms with Crippen molar-refractivity contribution in [3.63, 3.8) is 0 Å². The molecule has 7 rings (SSSR count). The van der Waals surface area contributed by atoms with Crippen molar-refractivity contribution in [2.45, 2.75) is 92.6 Å². The lowest BCUT2D eigenvalue weighted by atomic mass is 9.74. The number of ketones is 2. The molecule has 1 amide bonds. The number of phenols is 3. The fraction of sp³-hybridized carbons (Fsp3) is 0.463. The van der Waals surface area contributed by atoms with Gasteiger partial charge in [0.2, 0.25) is 0 Å². The maximum atomic E-state index is 14.1. The summed E-state index contributed by atoms with van der Waals surface area (Å²) in [5.41, 5.74) is -4.45. The van der Waals surface area contributed by atoms with Crippen LogP contribution in [0.1, 0.15) is 78.0 Å². The zero-order valence-electron chi connectivity index (χ0n) is 35.0. The van der Waals surface area contributed by atoms with E-state index in [0.29, 0.717) is 0 Å². The number of carboxylic acids is 1. The Kier molecular flexibility index (Phi) is 13.3. The minimum atomic E-state index is -5.22. The van der Waals surface area contributed by atoms with Gasteiger partial charge in [-0.1, -0.05) is 6.07 Å². The fourth-order valence-electron chi connectivity index (χ4n) is 9.00. The smallest absolute Gasteiger partial charge is 0.328 e. The van der Waals surface area contributed by atoms with Gasteiger partial charge >= 0.3 is 5.97 Å². The Morgan fingerprint density at radius 2 is 1.45 bits per heavy atom. The number of phenolic OH excluding ortho intramolecular Hbond substituents is 3. The minimum Gasteiger partial charge on any atom is -0.507 e. The van der Waals surface area contributed by atoms with Crippen molar-refractivity contribution in [2.24, 2.45) is 0 Å². The summed E-state index contributed by atoms with van der Waals surface area (Å²) >= 11 is 0. The number of carboxylic acid groups (broad SMARTS) is 1. The highest BCUT2D eigenvalue weighted by molar-refractivity contribution is 7.86. The Labute approximate surface area is 373 Å². The van der Waals surface area contributed by atoms with E-state index in [1.165, 1.54) is 34.1 Å². The molecule has 13 atom stereocenters. The molecule has 0 radical (unpaired) electrons. The Bertz CT molecular complexity index is 2600. The van der Waals surface area contributed by atoms with Crippen molar-refractivity contribution < 1.29 is 107 Å². The molecule has 2 aliphatic carbocycles. The first-order valence-corrected chi connectivity index (χ1v) is 21.5. The summed E-state index contributed by atoms with van der Waals surface area (Å²) in [4.78, 5) is 53.6. The normalized spacial score (nSPS) is 29.8. The number of rotatable bonds is 12. The van der Waals surface area contributed by atoms with Gasteiger partial charge < -0.3 is 85.4 Å². The number of aryl methyl sites for hydroxylation is 1. The highest BCUT2D eigenvalue weighted by Crippen LogP contribution is 2.57. The topological polar surface area (TPSA) is 395 Å². The zero-order valence-corrected chi connectivity index (χ0v) is 35.9. The van der Waals surface area contributed by atoms with E-state index in [4.69, 9.17) is 23.7 Å². The summed E-state index contributed by atoms with van der Waals surface area (Å²) in [6.45, 7) is 0.675. The first-order chi connectivity index (χ1) is 31.0. The molecule has 2 aliphatic heterocycles. The molecular weight excluding hydrogens is 905 g/mol. The highest BCUT2D eigenvalue weighted by Gasteiger charge is 2.55. The van der Waals surface area contributed by atoms with Crippen LogP contribution in [0.25, 0.3) is 11.1 Å². The first-order valence-electron chi connectivity index (χ1n) is 20.0. The second kappa shape index (κ2) is 18.0. The third kappa shape index (κ3) is 7.93. The molecule has 0 saturated carbocycles. The van der Waals surface area contributed by atoms with Gasteiger partial charge in [-0.15, -0.1) is 0 Å². The molecule has 13 N–H and O–H groups in total. The van der Waals surface area contributed by atoms with Gasteiger partial charge in [-0.2, -0.15) is 8.42 Å². The van der Waals surface area contributed by atoms with Gasteiger partial charge in [0.05, 0.1) is 49.2 Å². The second-order valence-corrected chi connectivity index (χ2v) is 17.6. The van der Waals surface area contributed by atoms with E-state index in [9.17, 15) is 83.2 Å². The van der Waals surface area contributed by atoms with Crippen LogP contribution >= 0.6 is 0 Å². The number of nitrogens with one attached hydrogen (secondary N) is 2. The van der Waals surface area contributed by atoms with Crippen LogP contribution < -0.4 is 15.4 Å². The van der Waals surface area contributed by atoms with Crippen molar-refractivity contribution in [1.29, 1.82) is 0 Å². The van der Waals surface area contributed by atoms with Crippen LogP contribution in [-0.2, 0) is 33.9 Å². The molecule has 2 heterocycles. The van der Waals surface area contributed by atoms with Gasteiger partial charge in [-0.25, -0.2) is 4.79 Å². The molecule has 358 valence electrons. The van der Waals surface area contributed by atoms with Crippen LogP contribution in [-0.4, -0.2) is 181 Å². The average Bonchev–Trinajstić information content (AvgIpc) is 3.24. The molecule has 0 aromatic heterocycles. The van der Waals surface area contributed by atoms with Crippen molar-refractivity contribution in [2.75, 3.05) is 27.4 Å². The van der Waals surface area contributed by atoms with E-state index >= 15 is 0 Å². The number of aromatic hydroxyl groups is 3. The van der Waals surface area contributed by atoms with Gasteiger partial charge in [0.1, 0.15) is 71.0 Å². The van der Waals surface area contributed by atoms with Crippen LogP contribution in [0, 0.1) is 6.92 Å². The van der Waals surface area contributed by atoms with Gasteiger partial charge in [0.15, 0.2) is 30.2 Å². The Morgan fingerprint density at radius 1 is 0.833 bits per heavy atom. The molecule has 0 spiro atoms. The minimum absolute atomic E-state index is 0.0339. The van der Waals surface area contributed by atoms with Crippen LogP contribution in [0.2, 0.25) is 0 Å². The number of aliphatic carboxylic acids is 1. The van der Waals surface area contributed by atoms with E-state index in [1.54, 1.807) is 0 Å². The number of hydrogen-bond donors (Lipinski definition) is 13. The van der Waals surface area contributed by atoms with Gasteiger partial charge in [0.25, 0.3) is 16.0 Å². The molecule has 0 bridgehead atoms. The Morgan fingerprint density at radius 3 is 2.05 bits per heavy atom. The maximum absolute atomic E-state index is 14.1. The van der Waals surface area contributed by atoms with Crippen LogP contribution in [0.4, 0.5) is 0 Å². The number of aliphatic hydroxyl groups excluding tert-OH is 6. The number of fused-ring (bicyclic) bond motifs is 5. The molecule has 24 nitrogen and oxygen atoms in total. The highest BCUT2D eigenvalue weighted by atomic mass is 32.2. The number of amides is 1. The largest absolute Gasteiger partial charge is 0.507 e. The SMILES string of the molecule is CN[C@@H]1[C@H](O[C@@H]2O[C@H](CO)[C@@H](O)[C@H](S(=O)(=O)O)[C@H]2O)[C@@H](O)[C@H](O[C@H]2c3cc(C)c(C(=O)N[C@H](CO)C(=O)O)c(O)c3-c3c(cc4c(c3O)C(=O)c3cc(OC)cc(O)c3C4=O)[C@@H]2O)O[C@@H]1C. The summed E-state index contributed by atoms with van der Waals surface area (Å²) in [5, 5.41) is 112. The van der Waals surface area contributed by atoms with Crippen LogP contribution in [0.15, 0.2) is 24.3 Å². The summed E-state index contributed by atoms with van der Waals surface area (Å²) in [6, 6.07) is 1.46. The van der Waals surface area contributed by atoms with E-state index < -0.39 is 182 Å². The number of hydrogen-bond acceptors (Lipinski definition) is 21. The summed E-state index contributed by atoms with van der Waals surface area (Å²) in [6.07, 6.45) is -18.6. The molecular formula is C41H46N2O22S. The molecule has 0 unspecified atom stereocenters. The van der Waals surface area contributed by atoms with Gasteiger partial charge in [0, 0.05) is 28.3 Å². The summed E-state index contributed by atoms with van der Waals surface area (Å²) < 4.78 is 63.1. The molecule has 3 aromatic rings. The number of carbonyl (C=O) groups excluding carboxylic acids is 3. The summed E-state index contributed by atoms with van der Waals surface area (Å²) in [7, 11) is -2.57. The van der Waals surface area contributed by atoms with Crippen LogP contribution in [0.3, 0.4) is 0 Å². The predicted octanol–water partition coefficient (Wildman–Crippen LogP) is -2.38. The molecule has 3 aromatic carbocycles. The van der Waals surface area contributed by atoms with E-state index in [-0.39, 0.29) is 22.4 Å². The van der Waals surface area contributed by atoms with Crippen LogP contribution in [0.5, 0.6) is 23.0 Å². The molecule has 25 heteroatoms. The second-order valence-electron chi connectivity index (χ2n) is 16.1. The third-order valence-corrected chi connectivity index (χ3v) is 13.4. The predicted molar refractivity (Wildman–Crippen MR) is 217 cm³/mol. The summed E-state index contributed by atoms with van der Waals surface area (Å²) in [5.74, 6) is -7.56. The lowest BCUT2D eigenvalue weighted by Crippen LogP contribution is -2.67. The molecule has 66 heavy (non-hydrogen) atoms. The molecule has 2 saturated heterocycles. The number of methoxy groups -OCH3 is 1. The van der Waals surface area contributed by atoms with Crippen molar-refractivity contribution in [3.8, 4) is 34.1 Å². The fourth-order valence-corrected chi connectivity index (χ4v) is 10.0. The van der Waals surface area contributed by atoms with Gasteiger partial charge in [-0.3, -0.25) is 18.9 Å². The number of ether oxygens (including phenoxy) is 5. The first kappa shape index (κ1) is 48.5. The standard InChI is InChI=1S/C41H46N2O22S/c1-11-5-17-24(31(51)21(11)38(55)43-18(9-44)39(56)57)23-15(8-16-25(32(23)52)28(48)14-6-13(61-4)7-19(46)22(14)27(16)47)29(49)35(17)64-40-33(53)36(26(42-3)12(2)62-40)65-41-34(54)37(66(58,59)60)30(50)20(10-45)63-41/h5-8,12,18,20,26,29-30,33-37,40-42,44-46,49-54H,9-10H2,1-4H3,(H,43,55)(H,56,57)(H,58,59,60)/t12-,18-,20-,26+,29+,30-,33-,34-,35+,36+,37+,40+,41+/m1/s1. The van der Waals surface area contributed by atoms with E-state index in [1.807, 2.05) is 0 Å². The average molecular weight is 951 g/mol. The van der Waals surface area contributed by atoms with E-state index in [0.717, 1.165) is 18.2 Å². The van der Waals surface area contributed by atoms with Crippen molar-refractivity contribution in [1.82, 2.24) is 10.6 Å². The number of aliphatic hydroxyl groups is 6. The molecule has 4 aliphatic rings. The Balaban J connectivity index is 1.36. The lowest BCUT2D eigenvalue weighted by molar-refractivity contribution is -0.339. The van der Waals surface area contributed by atoms with Crippen molar-refractivity contribution >= 4 is 33.6 Å². The number of likely N-dealkylation sites (N-methyl/N-ethyl adjacent to an activating group) is 1. The molecule has 2 fully saturated rings. The lowest BCUT2D eigenvalue weighted by Gasteiger charge is -2.48. The maximum Gasteiger partial charge on any atom is 0.328 e. The van der Waals surface area contributed by atoms with E-state index in [2.05, 4.69) is 10.6 Å². The zero-order chi connectivity index (χ0) is 48.6. The number of benzene rings is 3.